The summed E-state index contributed by atoms with van der Waals surface area (Å²) in [7, 11) is 0. The van der Waals surface area contributed by atoms with Crippen LogP contribution in [0.4, 0.5) is 0 Å². The molecule has 2 heterocycles. The number of fused-ring (bicyclic) bond motifs is 12. The van der Waals surface area contributed by atoms with Gasteiger partial charge in [-0.3, -0.25) is 5.10 Å². The Morgan fingerprint density at radius 2 is 1.51 bits per heavy atom. The minimum Gasteiger partial charge on any atom is -0.390 e. The molecule has 0 radical (unpaired) electrons. The van der Waals surface area contributed by atoms with Crippen LogP contribution in [-0.4, -0.2) is 36.8 Å². The lowest BCUT2D eigenvalue weighted by molar-refractivity contribution is -0.139. The van der Waals surface area contributed by atoms with E-state index in [0.717, 1.165) is 74.4 Å². The van der Waals surface area contributed by atoms with E-state index in [1.807, 2.05) is 6.20 Å². The van der Waals surface area contributed by atoms with Gasteiger partial charge in [0.25, 0.3) is 0 Å². The maximum absolute atomic E-state index is 11.1. The maximum atomic E-state index is 11.1. The standard InChI is InChI=1S/C22H27NO2.C21H32N2O/c1-4-22(24)10-8-18-16-6-5-15-11-19-14(13-23-25-19)12-20(15,2)17(16)7-9-21(18,22)3;1-19-11-13-12-22-23-18(13)10-14(19)4-5-15-16(19)6-8-20(2)17(15)7-9-21(20,3)24/h1,11,13,16-18,24H,5-10,12H2,2-3H3;12,14-17,24H,4-11H2,1-3H3,(H,22,23)/t16?,17?,18?,20-,21-,22-;14?,15?,16?,17?,19-,20-,21-/m00/s1. The quantitative estimate of drug-likeness (QED) is 0.246. The first-order valence-electron chi connectivity index (χ1n) is 19.8. The number of rotatable bonds is 0. The van der Waals surface area contributed by atoms with Crippen molar-refractivity contribution in [3.63, 3.8) is 0 Å². The zero-order chi connectivity index (χ0) is 34.2. The van der Waals surface area contributed by atoms with Crippen LogP contribution in [0.5, 0.6) is 0 Å². The van der Waals surface area contributed by atoms with Gasteiger partial charge in [0.1, 0.15) is 5.60 Å². The van der Waals surface area contributed by atoms with Gasteiger partial charge in [-0.1, -0.05) is 44.3 Å². The lowest BCUT2D eigenvalue weighted by Crippen LogP contribution is -2.56. The molecule has 2 aromatic rings. The largest absolute Gasteiger partial charge is 0.390 e. The van der Waals surface area contributed by atoms with E-state index >= 15 is 0 Å². The van der Waals surface area contributed by atoms with Gasteiger partial charge in [-0.25, -0.2) is 0 Å². The molecule has 6 saturated carbocycles. The van der Waals surface area contributed by atoms with Crippen LogP contribution in [0.1, 0.15) is 134 Å². The number of nitrogens with one attached hydrogen (secondary N) is 1. The summed E-state index contributed by atoms with van der Waals surface area (Å²) in [4.78, 5) is 0. The molecule has 264 valence electrons. The number of aromatic nitrogens is 3. The SMILES string of the molecule is C#C[C@]1(O)CCC2C3CCC4=Cc5oncc5C[C@]4(C)C3CC[C@@]21C.C[C@]12Cc3cn[nH]c3CC1CCC1C2CC[C@@]2(C)C1CC[C@]2(C)O. The molecule has 10 rings (SSSR count). The molecule has 0 saturated heterocycles. The van der Waals surface area contributed by atoms with Crippen LogP contribution in [0.15, 0.2) is 22.5 Å². The number of hydrogen-bond acceptors (Lipinski definition) is 5. The van der Waals surface area contributed by atoms with Crippen LogP contribution in [0.2, 0.25) is 0 Å². The van der Waals surface area contributed by atoms with Gasteiger partial charge in [-0.05, 0) is 173 Å². The molecule has 3 N–H and O–H groups in total. The Morgan fingerprint density at radius 1 is 0.796 bits per heavy atom. The van der Waals surface area contributed by atoms with E-state index in [9.17, 15) is 10.2 Å². The van der Waals surface area contributed by atoms with Crippen molar-refractivity contribution in [1.82, 2.24) is 15.4 Å². The van der Waals surface area contributed by atoms with E-state index in [-0.39, 0.29) is 16.2 Å². The topological polar surface area (TPSA) is 95.2 Å². The van der Waals surface area contributed by atoms with E-state index in [4.69, 9.17) is 10.9 Å². The van der Waals surface area contributed by atoms with E-state index in [0.29, 0.717) is 23.2 Å². The van der Waals surface area contributed by atoms with E-state index in [2.05, 4.69) is 68.2 Å². The van der Waals surface area contributed by atoms with Gasteiger partial charge in [0, 0.05) is 16.7 Å². The summed E-state index contributed by atoms with van der Waals surface area (Å²) >= 11 is 0. The Kier molecular flexibility index (Phi) is 7.04. The number of aromatic amines is 1. The third-order valence-corrected chi connectivity index (χ3v) is 18.1. The minimum atomic E-state index is -0.909. The Bertz CT molecular complexity index is 1710. The number of allylic oxidation sites excluding steroid dienone is 1. The van der Waals surface area contributed by atoms with Crippen molar-refractivity contribution in [1.29, 1.82) is 0 Å². The summed E-state index contributed by atoms with van der Waals surface area (Å²) in [6.45, 7) is 11.8. The Balaban J connectivity index is 0.000000133. The summed E-state index contributed by atoms with van der Waals surface area (Å²) in [5.41, 5.74) is 5.00. The molecule has 7 unspecified atom stereocenters. The fourth-order valence-corrected chi connectivity index (χ4v) is 14.8. The van der Waals surface area contributed by atoms with Gasteiger partial charge in [-0.15, -0.1) is 6.42 Å². The number of aliphatic hydroxyl groups is 2. The fourth-order valence-electron chi connectivity index (χ4n) is 14.8. The van der Waals surface area contributed by atoms with Gasteiger partial charge in [0.2, 0.25) is 0 Å². The molecule has 0 aromatic carbocycles. The number of terminal acetylenes is 1. The first-order chi connectivity index (χ1) is 23.3. The Labute approximate surface area is 293 Å². The van der Waals surface area contributed by atoms with Crippen LogP contribution >= 0.6 is 0 Å². The van der Waals surface area contributed by atoms with Crippen molar-refractivity contribution >= 4 is 6.08 Å². The maximum Gasteiger partial charge on any atom is 0.162 e. The molecule has 49 heavy (non-hydrogen) atoms. The number of nitrogens with zero attached hydrogens (tertiary/aromatic N) is 2. The summed E-state index contributed by atoms with van der Waals surface area (Å²) in [6.07, 6.45) is 29.4. The summed E-state index contributed by atoms with van der Waals surface area (Å²) < 4.78 is 5.43. The molecular formula is C43H59N3O3. The summed E-state index contributed by atoms with van der Waals surface area (Å²) in [5.74, 6) is 8.85. The van der Waals surface area contributed by atoms with Crippen molar-refractivity contribution in [3.05, 3.63) is 40.5 Å². The van der Waals surface area contributed by atoms with Gasteiger partial charge >= 0.3 is 0 Å². The second-order valence-electron chi connectivity index (χ2n) is 19.6. The van der Waals surface area contributed by atoms with Crippen LogP contribution in [0, 0.1) is 75.4 Å². The molecule has 0 aliphatic heterocycles. The Hall–Kier alpha value is -2.36. The number of H-pyrrole nitrogens is 1. The minimum absolute atomic E-state index is 0.114. The van der Waals surface area contributed by atoms with Crippen LogP contribution in [0.25, 0.3) is 6.08 Å². The van der Waals surface area contributed by atoms with Crippen molar-refractivity contribution in [2.24, 2.45) is 63.1 Å². The van der Waals surface area contributed by atoms with Crippen molar-refractivity contribution < 1.29 is 14.7 Å². The Morgan fingerprint density at radius 3 is 2.33 bits per heavy atom. The third-order valence-electron chi connectivity index (χ3n) is 18.1. The van der Waals surface area contributed by atoms with Crippen molar-refractivity contribution in [2.75, 3.05) is 0 Å². The predicted octanol–water partition coefficient (Wildman–Crippen LogP) is 8.34. The smallest absolute Gasteiger partial charge is 0.162 e. The van der Waals surface area contributed by atoms with E-state index in [1.165, 1.54) is 68.2 Å². The van der Waals surface area contributed by atoms with Crippen molar-refractivity contribution in [3.8, 4) is 12.3 Å². The first kappa shape index (κ1) is 32.5. The highest BCUT2D eigenvalue weighted by Crippen LogP contribution is 2.69. The highest BCUT2D eigenvalue weighted by molar-refractivity contribution is 5.57. The molecule has 6 fully saturated rings. The van der Waals surface area contributed by atoms with Crippen LogP contribution < -0.4 is 0 Å². The zero-order valence-electron chi connectivity index (χ0n) is 30.7. The second kappa shape index (κ2) is 10.6. The highest BCUT2D eigenvalue weighted by atomic mass is 16.5. The third kappa shape index (κ3) is 4.27. The average molecular weight is 666 g/mol. The van der Waals surface area contributed by atoms with Crippen LogP contribution in [0.3, 0.4) is 0 Å². The molecule has 8 aliphatic carbocycles. The van der Waals surface area contributed by atoms with Gasteiger partial charge in [0.05, 0.1) is 18.0 Å². The molecule has 0 bridgehead atoms. The fraction of sp³-hybridized carbons (Fsp3) is 0.767. The summed E-state index contributed by atoms with van der Waals surface area (Å²) in [5, 5.41) is 33.7. The zero-order valence-corrected chi connectivity index (χ0v) is 30.7. The predicted molar refractivity (Wildman–Crippen MR) is 191 cm³/mol. The van der Waals surface area contributed by atoms with Crippen LogP contribution in [-0.2, 0) is 19.3 Å². The monoisotopic (exact) mass is 665 g/mol. The van der Waals surface area contributed by atoms with E-state index in [1.54, 1.807) is 5.57 Å². The van der Waals surface area contributed by atoms with E-state index < -0.39 is 11.2 Å². The second-order valence-corrected chi connectivity index (χ2v) is 19.6. The van der Waals surface area contributed by atoms with Crippen molar-refractivity contribution in [2.45, 2.75) is 142 Å². The first-order valence-corrected chi connectivity index (χ1v) is 19.8. The molecule has 13 atom stereocenters. The molecule has 8 aliphatic rings. The highest BCUT2D eigenvalue weighted by Gasteiger charge is 2.65. The normalized spacial score (nSPS) is 50.3. The van der Waals surface area contributed by atoms with Gasteiger partial charge in [-0.2, -0.15) is 5.10 Å². The number of hydrogen-bond donors (Lipinski definition) is 3. The average Bonchev–Trinajstić information content (AvgIpc) is 3.83. The molecule has 6 nitrogen and oxygen atoms in total. The van der Waals surface area contributed by atoms with Gasteiger partial charge in [0.15, 0.2) is 5.76 Å². The summed E-state index contributed by atoms with van der Waals surface area (Å²) in [6, 6.07) is 0. The molecule has 2 aromatic heterocycles. The molecule has 6 heteroatoms. The molecule has 0 spiro atoms. The lowest BCUT2D eigenvalue weighted by Gasteiger charge is -2.60. The molecular weight excluding hydrogens is 606 g/mol. The lowest BCUT2D eigenvalue weighted by atomic mass is 9.44. The van der Waals surface area contributed by atoms with Gasteiger partial charge < -0.3 is 14.7 Å². The molecule has 0 amide bonds.